The molecular formula is C13H9ClF2OS. The van der Waals surface area contributed by atoms with E-state index in [9.17, 15) is 13.0 Å². The summed E-state index contributed by atoms with van der Waals surface area (Å²) in [4.78, 5) is 0.454. The summed E-state index contributed by atoms with van der Waals surface area (Å²) in [6.07, 6.45) is 0. The van der Waals surface area contributed by atoms with Gasteiger partial charge in [-0.15, -0.1) is 0 Å². The average molecular weight is 287 g/mol. The third-order valence-corrected chi connectivity index (χ3v) is 3.98. The van der Waals surface area contributed by atoms with Gasteiger partial charge in [0.05, 0.1) is 16.6 Å². The normalized spacial score (nSPS) is 12.4. The fraction of sp³-hybridized carbons (Fsp3) is 0.0769. The molecule has 0 radical (unpaired) electrons. The Morgan fingerprint density at radius 3 is 2.39 bits per heavy atom. The zero-order chi connectivity index (χ0) is 13.1. The van der Waals surface area contributed by atoms with Crippen LogP contribution in [0.2, 0.25) is 5.02 Å². The van der Waals surface area contributed by atoms with Crippen LogP contribution < -0.4 is 0 Å². The Hall–Kier alpha value is -1.26. The SMILES string of the molecule is O=S(Cc1cc(Cl)ccc1F)c1ccc(F)cc1. The van der Waals surface area contributed by atoms with Crippen molar-refractivity contribution in [2.75, 3.05) is 0 Å². The molecule has 1 nitrogen and oxygen atoms in total. The number of benzene rings is 2. The molecule has 1 unspecified atom stereocenters. The van der Waals surface area contributed by atoms with Crippen molar-refractivity contribution in [1.29, 1.82) is 0 Å². The lowest BCUT2D eigenvalue weighted by Gasteiger charge is -2.04. The maximum atomic E-state index is 13.5. The van der Waals surface area contributed by atoms with Crippen LogP contribution >= 0.6 is 11.6 Å². The molecule has 0 saturated carbocycles. The smallest absolute Gasteiger partial charge is 0.127 e. The maximum Gasteiger partial charge on any atom is 0.127 e. The molecule has 2 aromatic rings. The van der Waals surface area contributed by atoms with E-state index in [0.29, 0.717) is 9.92 Å². The zero-order valence-corrected chi connectivity index (χ0v) is 10.8. The minimum atomic E-state index is -1.43. The summed E-state index contributed by atoms with van der Waals surface area (Å²) in [7, 11) is -1.43. The van der Waals surface area contributed by atoms with Gasteiger partial charge in [-0.2, -0.15) is 0 Å². The van der Waals surface area contributed by atoms with Gasteiger partial charge in [-0.25, -0.2) is 8.78 Å². The quantitative estimate of drug-likeness (QED) is 0.836. The second-order valence-corrected chi connectivity index (χ2v) is 5.57. The standard InChI is InChI=1S/C13H9ClF2OS/c14-10-1-6-13(16)9(7-10)8-18(17)12-4-2-11(15)3-5-12/h1-7H,8H2. The first-order valence-corrected chi connectivity index (χ1v) is 6.84. The van der Waals surface area contributed by atoms with Crippen molar-refractivity contribution in [3.63, 3.8) is 0 Å². The summed E-state index contributed by atoms with van der Waals surface area (Å²) in [5.41, 5.74) is 0.283. The van der Waals surface area contributed by atoms with Crippen molar-refractivity contribution in [3.05, 3.63) is 64.7 Å². The molecule has 18 heavy (non-hydrogen) atoms. The molecule has 0 aliphatic carbocycles. The van der Waals surface area contributed by atoms with Crippen LogP contribution in [0.1, 0.15) is 5.56 Å². The summed E-state index contributed by atoms with van der Waals surface area (Å²) in [6, 6.07) is 9.41. The van der Waals surface area contributed by atoms with E-state index in [1.54, 1.807) is 0 Å². The molecule has 0 aliphatic heterocycles. The van der Waals surface area contributed by atoms with Crippen molar-refractivity contribution >= 4 is 22.4 Å². The van der Waals surface area contributed by atoms with E-state index in [1.807, 2.05) is 0 Å². The minimum Gasteiger partial charge on any atom is -0.254 e. The molecule has 0 saturated heterocycles. The Morgan fingerprint density at radius 2 is 1.72 bits per heavy atom. The fourth-order valence-electron chi connectivity index (χ4n) is 1.46. The highest BCUT2D eigenvalue weighted by Crippen LogP contribution is 2.19. The molecule has 0 spiro atoms. The zero-order valence-electron chi connectivity index (χ0n) is 9.20. The Balaban J connectivity index is 2.21. The van der Waals surface area contributed by atoms with Crippen LogP contribution in [0.5, 0.6) is 0 Å². The molecule has 0 aromatic heterocycles. The minimum absolute atomic E-state index is 0.0119. The van der Waals surface area contributed by atoms with Gasteiger partial charge in [-0.3, -0.25) is 4.21 Å². The van der Waals surface area contributed by atoms with Crippen molar-refractivity contribution in [2.24, 2.45) is 0 Å². The average Bonchev–Trinajstić information content (AvgIpc) is 2.34. The molecule has 0 N–H and O–H groups in total. The van der Waals surface area contributed by atoms with Crippen molar-refractivity contribution in [3.8, 4) is 0 Å². The van der Waals surface area contributed by atoms with E-state index < -0.39 is 22.4 Å². The molecule has 0 aliphatic rings. The van der Waals surface area contributed by atoms with Crippen LogP contribution in [0.15, 0.2) is 47.4 Å². The first-order chi connectivity index (χ1) is 8.56. The molecule has 0 heterocycles. The van der Waals surface area contributed by atoms with E-state index in [0.717, 1.165) is 0 Å². The van der Waals surface area contributed by atoms with Gasteiger partial charge in [-0.1, -0.05) is 11.6 Å². The van der Waals surface area contributed by atoms with Crippen LogP contribution in [-0.2, 0) is 16.6 Å². The van der Waals surface area contributed by atoms with Gasteiger partial charge in [0, 0.05) is 15.5 Å². The topological polar surface area (TPSA) is 17.1 Å². The van der Waals surface area contributed by atoms with E-state index >= 15 is 0 Å². The molecule has 2 aromatic carbocycles. The number of hydrogen-bond acceptors (Lipinski definition) is 1. The lowest BCUT2D eigenvalue weighted by molar-refractivity contribution is 0.615. The van der Waals surface area contributed by atoms with Crippen molar-refractivity contribution in [2.45, 2.75) is 10.6 Å². The van der Waals surface area contributed by atoms with Crippen LogP contribution in [-0.4, -0.2) is 4.21 Å². The van der Waals surface area contributed by atoms with Crippen LogP contribution in [0, 0.1) is 11.6 Å². The summed E-state index contributed by atoms with van der Waals surface area (Å²) in [5, 5.41) is 0.391. The second kappa shape index (κ2) is 5.59. The van der Waals surface area contributed by atoms with Gasteiger partial charge in [0.25, 0.3) is 0 Å². The van der Waals surface area contributed by atoms with Gasteiger partial charge >= 0.3 is 0 Å². The van der Waals surface area contributed by atoms with E-state index in [1.165, 1.54) is 42.5 Å². The lowest BCUT2D eigenvalue weighted by atomic mass is 10.2. The Bertz CT molecular complexity index is 584. The predicted molar refractivity (Wildman–Crippen MR) is 67.9 cm³/mol. The van der Waals surface area contributed by atoms with E-state index in [2.05, 4.69) is 0 Å². The molecule has 94 valence electrons. The number of rotatable bonds is 3. The lowest BCUT2D eigenvalue weighted by Crippen LogP contribution is -1.99. The Labute approximate surface area is 111 Å². The highest BCUT2D eigenvalue weighted by Gasteiger charge is 2.09. The van der Waals surface area contributed by atoms with Gasteiger partial charge in [0.1, 0.15) is 11.6 Å². The Morgan fingerprint density at radius 1 is 1.06 bits per heavy atom. The van der Waals surface area contributed by atoms with E-state index in [4.69, 9.17) is 11.6 Å². The fourth-order valence-corrected chi connectivity index (χ4v) is 2.77. The maximum absolute atomic E-state index is 13.5. The predicted octanol–water partition coefficient (Wildman–Crippen LogP) is 3.93. The molecule has 0 amide bonds. The van der Waals surface area contributed by atoms with Crippen LogP contribution in [0.25, 0.3) is 0 Å². The van der Waals surface area contributed by atoms with Crippen LogP contribution in [0.4, 0.5) is 8.78 Å². The molecular weight excluding hydrogens is 278 g/mol. The van der Waals surface area contributed by atoms with E-state index in [-0.39, 0.29) is 11.3 Å². The first-order valence-electron chi connectivity index (χ1n) is 5.14. The van der Waals surface area contributed by atoms with Gasteiger partial charge in [0.2, 0.25) is 0 Å². The monoisotopic (exact) mass is 286 g/mol. The summed E-state index contributed by atoms with van der Waals surface area (Å²) < 4.78 is 38.1. The molecule has 0 fully saturated rings. The second-order valence-electron chi connectivity index (χ2n) is 3.68. The third-order valence-electron chi connectivity index (χ3n) is 2.37. The summed E-state index contributed by atoms with van der Waals surface area (Å²) in [5.74, 6) is -0.836. The molecule has 0 bridgehead atoms. The highest BCUT2D eigenvalue weighted by atomic mass is 35.5. The van der Waals surface area contributed by atoms with Crippen molar-refractivity contribution < 1.29 is 13.0 Å². The first kappa shape index (κ1) is 13.2. The highest BCUT2D eigenvalue weighted by molar-refractivity contribution is 7.84. The van der Waals surface area contributed by atoms with Gasteiger partial charge < -0.3 is 0 Å². The van der Waals surface area contributed by atoms with Gasteiger partial charge in [0.15, 0.2) is 0 Å². The largest absolute Gasteiger partial charge is 0.254 e. The Kier molecular flexibility index (Phi) is 4.09. The summed E-state index contributed by atoms with van der Waals surface area (Å²) >= 11 is 5.75. The molecule has 2 rings (SSSR count). The number of halogens is 3. The number of hydrogen-bond donors (Lipinski definition) is 0. The van der Waals surface area contributed by atoms with Crippen LogP contribution in [0.3, 0.4) is 0 Å². The van der Waals surface area contributed by atoms with Crippen molar-refractivity contribution in [1.82, 2.24) is 0 Å². The van der Waals surface area contributed by atoms with Gasteiger partial charge in [-0.05, 0) is 42.5 Å². The molecule has 1 atom stereocenters. The summed E-state index contributed by atoms with van der Waals surface area (Å²) in [6.45, 7) is 0. The molecule has 5 heteroatoms. The third kappa shape index (κ3) is 3.15.